The van der Waals surface area contributed by atoms with Gasteiger partial charge in [-0.1, -0.05) is 19.4 Å². The second kappa shape index (κ2) is 5.35. The molecular formula is C20H26F4O3. The van der Waals surface area contributed by atoms with Crippen LogP contribution in [0.15, 0.2) is 11.6 Å². The number of hydrogen-bond acceptors (Lipinski definition) is 3. The Kier molecular flexibility index (Phi) is 3.84. The molecule has 0 aromatic heterocycles. The number of allylic oxidation sites excluding steroid dienone is 1. The van der Waals surface area contributed by atoms with Crippen LogP contribution in [0.5, 0.6) is 0 Å². The molecule has 27 heavy (non-hydrogen) atoms. The first-order valence-electron chi connectivity index (χ1n) is 9.72. The van der Waals surface area contributed by atoms with Gasteiger partial charge >= 0.3 is 6.18 Å². The number of fused-ring (bicyclic) bond motifs is 5. The van der Waals surface area contributed by atoms with Crippen molar-refractivity contribution in [3.05, 3.63) is 11.6 Å². The summed E-state index contributed by atoms with van der Waals surface area (Å²) in [5.74, 6) is -6.06. The summed E-state index contributed by atoms with van der Waals surface area (Å²) in [4.78, 5) is 11.8. The van der Waals surface area contributed by atoms with Gasteiger partial charge in [-0.05, 0) is 49.5 Å². The Labute approximate surface area is 155 Å². The van der Waals surface area contributed by atoms with Crippen LogP contribution in [0.2, 0.25) is 0 Å². The number of aliphatic hydroxyl groups is 2. The highest BCUT2D eigenvalue weighted by Crippen LogP contribution is 2.72. The van der Waals surface area contributed by atoms with Gasteiger partial charge in [-0.15, -0.1) is 0 Å². The van der Waals surface area contributed by atoms with Crippen molar-refractivity contribution in [3.8, 4) is 0 Å². The molecule has 0 aliphatic heterocycles. The zero-order chi connectivity index (χ0) is 20.0. The predicted molar refractivity (Wildman–Crippen MR) is 89.2 cm³/mol. The van der Waals surface area contributed by atoms with Crippen molar-refractivity contribution >= 4 is 5.78 Å². The van der Waals surface area contributed by atoms with Gasteiger partial charge in [0.1, 0.15) is 0 Å². The van der Waals surface area contributed by atoms with Crippen LogP contribution >= 0.6 is 0 Å². The number of halogens is 4. The van der Waals surface area contributed by atoms with Crippen LogP contribution in [0.25, 0.3) is 0 Å². The molecule has 0 bridgehead atoms. The molecule has 0 heterocycles. The molecule has 4 rings (SSSR count). The van der Waals surface area contributed by atoms with Gasteiger partial charge in [-0.3, -0.25) is 4.79 Å². The lowest BCUT2D eigenvalue weighted by Crippen LogP contribution is -2.73. The Balaban J connectivity index is 1.84. The minimum absolute atomic E-state index is 0.106. The Hall–Kier alpha value is -0.950. The topological polar surface area (TPSA) is 57.5 Å². The molecule has 4 aliphatic rings. The lowest BCUT2D eigenvalue weighted by Gasteiger charge is -2.65. The monoisotopic (exact) mass is 390 g/mol. The molecule has 2 N–H and O–H groups in total. The maximum Gasteiger partial charge on any atom is 0.392 e. The number of alkyl halides is 4. The average molecular weight is 390 g/mol. The first kappa shape index (κ1) is 19.4. The summed E-state index contributed by atoms with van der Waals surface area (Å²) in [6.45, 7) is 3.05. The molecule has 7 heteroatoms. The second-order valence-electron chi connectivity index (χ2n) is 9.60. The van der Waals surface area contributed by atoms with Gasteiger partial charge in [0.2, 0.25) is 0 Å². The molecule has 0 aromatic carbocycles. The van der Waals surface area contributed by atoms with E-state index in [9.17, 15) is 28.2 Å². The van der Waals surface area contributed by atoms with Crippen molar-refractivity contribution in [2.24, 2.45) is 28.6 Å². The van der Waals surface area contributed by atoms with Crippen molar-refractivity contribution in [2.45, 2.75) is 76.4 Å². The summed E-state index contributed by atoms with van der Waals surface area (Å²) in [7, 11) is 0. The van der Waals surface area contributed by atoms with Crippen molar-refractivity contribution in [1.82, 2.24) is 0 Å². The van der Waals surface area contributed by atoms with Gasteiger partial charge in [0.15, 0.2) is 17.2 Å². The van der Waals surface area contributed by atoms with Crippen molar-refractivity contribution in [2.75, 3.05) is 0 Å². The predicted octanol–water partition coefficient (Wildman–Crippen LogP) is 4.08. The molecule has 0 amide bonds. The second-order valence-corrected chi connectivity index (χ2v) is 9.60. The van der Waals surface area contributed by atoms with Gasteiger partial charge in [0, 0.05) is 24.2 Å². The molecule has 6 atom stereocenters. The smallest absolute Gasteiger partial charge is 0.363 e. The summed E-state index contributed by atoms with van der Waals surface area (Å²) in [6, 6.07) is 0. The van der Waals surface area contributed by atoms with Crippen molar-refractivity contribution in [1.29, 1.82) is 0 Å². The van der Waals surface area contributed by atoms with Crippen LogP contribution in [-0.2, 0) is 4.79 Å². The van der Waals surface area contributed by atoms with Gasteiger partial charge < -0.3 is 10.2 Å². The molecular weight excluding hydrogens is 364 g/mol. The lowest BCUT2D eigenvalue weighted by molar-refractivity contribution is -0.354. The maximum atomic E-state index is 16.7. The zero-order valence-electron chi connectivity index (χ0n) is 15.6. The van der Waals surface area contributed by atoms with E-state index in [1.807, 2.05) is 0 Å². The van der Waals surface area contributed by atoms with E-state index in [1.165, 1.54) is 13.0 Å². The van der Waals surface area contributed by atoms with Crippen molar-refractivity contribution in [3.63, 3.8) is 0 Å². The molecule has 3 fully saturated rings. The van der Waals surface area contributed by atoms with Gasteiger partial charge in [-0.2, -0.15) is 13.2 Å². The van der Waals surface area contributed by atoms with E-state index < -0.39 is 52.6 Å². The van der Waals surface area contributed by atoms with E-state index in [2.05, 4.69) is 0 Å². The summed E-state index contributed by atoms with van der Waals surface area (Å²) in [5, 5.41) is 21.8. The van der Waals surface area contributed by atoms with Gasteiger partial charge in [0.25, 0.3) is 0 Å². The number of carbonyl (C=O) groups is 1. The van der Waals surface area contributed by atoms with E-state index in [-0.39, 0.29) is 37.9 Å². The molecule has 1 unspecified atom stereocenters. The van der Waals surface area contributed by atoms with Gasteiger partial charge in [0.05, 0.1) is 5.92 Å². The lowest BCUT2D eigenvalue weighted by atomic mass is 9.43. The molecule has 152 valence electrons. The first-order valence-corrected chi connectivity index (χ1v) is 9.72. The highest BCUT2D eigenvalue weighted by molar-refractivity contribution is 5.91. The Morgan fingerprint density at radius 1 is 1.07 bits per heavy atom. The largest absolute Gasteiger partial charge is 0.392 e. The number of ketones is 1. The molecule has 4 aliphatic carbocycles. The molecule has 0 spiro atoms. The van der Waals surface area contributed by atoms with Gasteiger partial charge in [-0.25, -0.2) is 4.39 Å². The Bertz CT molecular complexity index is 715. The third-order valence-electron chi connectivity index (χ3n) is 8.45. The fourth-order valence-electron chi connectivity index (χ4n) is 7.24. The standard InChI is InChI=1S/C20H26F4O3/c1-16-10-18(26,27)19(21)14(13(16)5-6-15(16)20(22,23)24)4-3-11-9-12(25)7-8-17(11,19)2/h9,13-15,26-27H,3-8,10H2,1-2H3/t13-,14-,15?,16-,17-,19-/m0/s1. The fraction of sp³-hybridized carbons (Fsp3) is 0.850. The molecule has 0 saturated heterocycles. The van der Waals surface area contributed by atoms with Crippen LogP contribution in [0.4, 0.5) is 17.6 Å². The van der Waals surface area contributed by atoms with Crippen LogP contribution in [0.1, 0.15) is 58.8 Å². The number of hydrogen-bond donors (Lipinski definition) is 2. The Morgan fingerprint density at radius 2 is 1.74 bits per heavy atom. The molecule has 0 aromatic rings. The van der Waals surface area contributed by atoms with Crippen LogP contribution < -0.4 is 0 Å². The number of carbonyl (C=O) groups excluding carboxylic acids is 1. The summed E-state index contributed by atoms with van der Waals surface area (Å²) in [6.07, 6.45) is -2.63. The third kappa shape index (κ3) is 2.24. The third-order valence-corrected chi connectivity index (χ3v) is 8.45. The van der Waals surface area contributed by atoms with E-state index in [0.29, 0.717) is 12.0 Å². The van der Waals surface area contributed by atoms with Crippen molar-refractivity contribution < 1.29 is 32.6 Å². The molecule has 3 nitrogen and oxygen atoms in total. The fourth-order valence-corrected chi connectivity index (χ4v) is 7.24. The minimum Gasteiger partial charge on any atom is -0.363 e. The van der Waals surface area contributed by atoms with E-state index in [4.69, 9.17) is 0 Å². The highest BCUT2D eigenvalue weighted by Gasteiger charge is 2.77. The maximum absolute atomic E-state index is 16.7. The minimum atomic E-state index is -4.45. The highest BCUT2D eigenvalue weighted by atomic mass is 19.4. The average Bonchev–Trinajstić information content (AvgIpc) is 2.85. The van der Waals surface area contributed by atoms with E-state index in [0.717, 1.165) is 0 Å². The Morgan fingerprint density at radius 3 is 2.37 bits per heavy atom. The normalized spacial score (nSPS) is 49.1. The quantitative estimate of drug-likeness (QED) is 0.484. The van der Waals surface area contributed by atoms with E-state index >= 15 is 4.39 Å². The molecule has 0 radical (unpaired) electrons. The SMILES string of the molecule is C[C@]12CCC(=O)C=C1CC[C@H]1[C@@H]3CCC(C(F)(F)F)[C@@]3(C)CC(O)(O)[C@]12F. The van der Waals surface area contributed by atoms with E-state index in [1.54, 1.807) is 6.92 Å². The van der Waals surface area contributed by atoms with Crippen LogP contribution in [0, 0.1) is 28.6 Å². The summed E-state index contributed by atoms with van der Waals surface area (Å²) < 4.78 is 57.6. The summed E-state index contributed by atoms with van der Waals surface area (Å²) >= 11 is 0. The number of rotatable bonds is 0. The molecule has 3 saturated carbocycles. The first-order chi connectivity index (χ1) is 12.3. The zero-order valence-corrected chi connectivity index (χ0v) is 15.6. The van der Waals surface area contributed by atoms with Crippen LogP contribution in [-0.4, -0.2) is 33.6 Å². The van der Waals surface area contributed by atoms with Crippen LogP contribution in [0.3, 0.4) is 0 Å². The summed E-state index contributed by atoms with van der Waals surface area (Å²) in [5.41, 5.74) is -4.54.